The molecule has 0 heterocycles. The van der Waals surface area contributed by atoms with Gasteiger partial charge in [0, 0.05) is 0 Å². The van der Waals surface area contributed by atoms with Crippen LogP contribution in [-0.2, 0) is 14.4 Å². The molecule has 0 aliphatic rings. The van der Waals surface area contributed by atoms with Crippen molar-refractivity contribution >= 4 is 12.1 Å². The number of hydrogen-bond acceptors (Lipinski definition) is 4. The Bertz CT molecular complexity index is 336. The Hall–Kier alpha value is -1.94. The number of amides is 1. The van der Waals surface area contributed by atoms with Crippen molar-refractivity contribution in [1.29, 1.82) is 0 Å². The summed E-state index contributed by atoms with van der Waals surface area (Å²) in [4.78, 5) is 24.9. The molecule has 0 aliphatic carbocycles. The number of hydrogen-bond donors (Lipinski definition) is 1. The summed E-state index contributed by atoms with van der Waals surface area (Å²) in [6, 6.07) is 0. The van der Waals surface area contributed by atoms with Gasteiger partial charge in [0.1, 0.15) is 0 Å². The molecule has 0 radical (unpaired) electrons. The molecule has 110 valence electrons. The molecule has 0 saturated heterocycles. The predicted molar refractivity (Wildman–Crippen MR) is 46.1 cm³/mol. The summed E-state index contributed by atoms with van der Waals surface area (Å²) in [6.07, 6.45) is -14.2. The normalized spacial score (nSPS) is 11.9. The number of carbonyl (C=O) groups is 2. The van der Waals surface area contributed by atoms with Crippen LogP contribution in [0.4, 0.5) is 31.1 Å². The number of carbonyl (C=O) groups excluding carboxylic acids is 2. The van der Waals surface area contributed by atoms with Crippen molar-refractivity contribution in [1.82, 2.24) is 5.48 Å². The van der Waals surface area contributed by atoms with Crippen LogP contribution in [-0.4, -0.2) is 24.4 Å². The van der Waals surface area contributed by atoms with Gasteiger partial charge in [-0.1, -0.05) is 6.58 Å². The van der Waals surface area contributed by atoms with E-state index < -0.39 is 36.8 Å². The number of ether oxygens (including phenoxy) is 1. The van der Waals surface area contributed by atoms with E-state index in [1.54, 1.807) is 0 Å². The first-order chi connectivity index (χ1) is 8.48. The molecular weight excluding hydrogens is 288 g/mol. The van der Waals surface area contributed by atoms with E-state index in [-0.39, 0.29) is 0 Å². The summed E-state index contributed by atoms with van der Waals surface area (Å²) in [5.74, 6) is -5.81. The Morgan fingerprint density at radius 2 is 1.63 bits per heavy atom. The van der Waals surface area contributed by atoms with E-state index in [9.17, 15) is 35.9 Å². The predicted octanol–water partition coefficient (Wildman–Crippen LogP) is 2.45. The van der Waals surface area contributed by atoms with Crippen molar-refractivity contribution in [2.24, 2.45) is 5.92 Å². The monoisotopic (exact) mass is 295 g/mol. The average Bonchev–Trinajstić information content (AvgIpc) is 2.20. The van der Waals surface area contributed by atoms with E-state index in [2.05, 4.69) is 16.2 Å². The molecule has 5 nitrogen and oxygen atoms in total. The summed E-state index contributed by atoms with van der Waals surface area (Å²) < 4.78 is 76.2. The van der Waals surface area contributed by atoms with Crippen molar-refractivity contribution in [2.45, 2.75) is 18.8 Å². The zero-order chi connectivity index (χ0) is 15.3. The van der Waals surface area contributed by atoms with Crippen LogP contribution in [0.3, 0.4) is 0 Å². The smallest absolute Gasteiger partial charge is 0.417 e. The number of rotatable bonds is 3. The molecule has 0 aromatic heterocycles. The van der Waals surface area contributed by atoms with E-state index in [1.807, 2.05) is 0 Å². The summed E-state index contributed by atoms with van der Waals surface area (Å²) in [5.41, 5.74) is 1.17. The van der Waals surface area contributed by atoms with E-state index >= 15 is 0 Å². The van der Waals surface area contributed by atoms with Gasteiger partial charge in [-0.3, -0.25) is 0 Å². The largest absolute Gasteiger partial charge is 0.445 e. The van der Waals surface area contributed by atoms with E-state index in [1.165, 1.54) is 5.48 Å². The molecule has 1 amide bonds. The van der Waals surface area contributed by atoms with Gasteiger partial charge < -0.3 is 9.57 Å². The Kier molecular flexibility index (Phi) is 5.65. The molecule has 0 atom stereocenters. The van der Waals surface area contributed by atoms with E-state index in [4.69, 9.17) is 0 Å². The Labute approximate surface area is 102 Å². The molecular formula is C8H7F6NO4. The first kappa shape index (κ1) is 17.1. The van der Waals surface area contributed by atoms with Gasteiger partial charge >= 0.3 is 24.4 Å². The van der Waals surface area contributed by atoms with Gasteiger partial charge in [-0.05, 0) is 0 Å². The fraction of sp³-hybridized carbons (Fsp3) is 0.500. The van der Waals surface area contributed by atoms with Gasteiger partial charge in [0.05, 0.1) is 12.7 Å². The third-order valence-corrected chi connectivity index (χ3v) is 1.60. The third-order valence-electron chi connectivity index (χ3n) is 1.60. The van der Waals surface area contributed by atoms with Crippen LogP contribution in [0.25, 0.3) is 0 Å². The molecule has 0 aromatic rings. The quantitative estimate of drug-likeness (QED) is 0.493. The maximum absolute atomic E-state index is 12.0. The van der Waals surface area contributed by atoms with Gasteiger partial charge in [0.15, 0.2) is 5.92 Å². The van der Waals surface area contributed by atoms with Crippen molar-refractivity contribution < 1.29 is 45.5 Å². The molecule has 1 N–H and O–H groups in total. The van der Waals surface area contributed by atoms with E-state index in [0.717, 1.165) is 0 Å². The summed E-state index contributed by atoms with van der Waals surface area (Å²) in [7, 11) is 0. The zero-order valence-electron chi connectivity index (χ0n) is 8.97. The SMILES string of the molecule is C=COC(=O)NOC(=O)CC(C(F)(F)F)C(F)(F)F. The average molecular weight is 295 g/mol. The number of alkyl halides is 6. The van der Waals surface area contributed by atoms with Gasteiger partial charge in [0.2, 0.25) is 0 Å². The lowest BCUT2D eigenvalue weighted by Gasteiger charge is -2.21. The molecule has 0 bridgehead atoms. The Balaban J connectivity index is 4.50. The molecule has 19 heavy (non-hydrogen) atoms. The molecule has 0 saturated carbocycles. The van der Waals surface area contributed by atoms with Gasteiger partial charge in [0.25, 0.3) is 0 Å². The molecule has 11 heteroatoms. The highest BCUT2D eigenvalue weighted by atomic mass is 19.4. The van der Waals surface area contributed by atoms with Crippen molar-refractivity contribution in [2.75, 3.05) is 0 Å². The highest BCUT2D eigenvalue weighted by Crippen LogP contribution is 2.41. The molecule has 0 spiro atoms. The summed E-state index contributed by atoms with van der Waals surface area (Å²) in [6.45, 7) is 2.92. The minimum atomic E-state index is -5.67. The number of hydroxylamine groups is 1. The maximum Gasteiger partial charge on any atom is 0.445 e. The fourth-order valence-electron chi connectivity index (χ4n) is 0.824. The molecule has 0 fully saturated rings. The molecule has 0 aromatic carbocycles. The van der Waals surface area contributed by atoms with Crippen LogP contribution >= 0.6 is 0 Å². The van der Waals surface area contributed by atoms with Gasteiger partial charge in [-0.2, -0.15) is 26.3 Å². The fourth-order valence-corrected chi connectivity index (χ4v) is 0.824. The standard InChI is InChI=1S/C8H7F6NO4/c1-2-18-6(17)15-19-5(16)3-4(7(9,10)11)8(12,13)14/h2,4H,1,3H2,(H,15,17). The van der Waals surface area contributed by atoms with Crippen LogP contribution in [0, 0.1) is 5.92 Å². The summed E-state index contributed by atoms with van der Waals surface area (Å²) >= 11 is 0. The third kappa shape index (κ3) is 6.52. The van der Waals surface area contributed by atoms with E-state index in [0.29, 0.717) is 6.26 Å². The second-order valence-electron chi connectivity index (χ2n) is 2.99. The number of halogens is 6. The van der Waals surface area contributed by atoms with Crippen LogP contribution in [0.5, 0.6) is 0 Å². The Morgan fingerprint density at radius 1 is 1.16 bits per heavy atom. The highest BCUT2D eigenvalue weighted by Gasteiger charge is 2.57. The maximum atomic E-state index is 12.0. The lowest BCUT2D eigenvalue weighted by molar-refractivity contribution is -0.286. The first-order valence-corrected chi connectivity index (χ1v) is 4.39. The second-order valence-corrected chi connectivity index (χ2v) is 2.99. The molecule has 0 aliphatic heterocycles. The van der Waals surface area contributed by atoms with Crippen LogP contribution in [0.15, 0.2) is 12.8 Å². The molecule has 0 unspecified atom stereocenters. The second kappa shape index (κ2) is 6.29. The van der Waals surface area contributed by atoms with Gasteiger partial charge in [-0.15, -0.1) is 5.48 Å². The lowest BCUT2D eigenvalue weighted by Crippen LogP contribution is -2.39. The van der Waals surface area contributed by atoms with Crippen LogP contribution in [0.1, 0.15) is 6.42 Å². The minimum absolute atomic E-state index is 0.595. The Morgan fingerprint density at radius 3 is 2.00 bits per heavy atom. The summed E-state index contributed by atoms with van der Waals surface area (Å²) in [5, 5.41) is 0. The topological polar surface area (TPSA) is 64.6 Å². The lowest BCUT2D eigenvalue weighted by atomic mass is 10.1. The van der Waals surface area contributed by atoms with Crippen molar-refractivity contribution in [3.8, 4) is 0 Å². The van der Waals surface area contributed by atoms with Crippen molar-refractivity contribution in [3.63, 3.8) is 0 Å². The number of nitrogens with one attached hydrogen (secondary N) is 1. The minimum Gasteiger partial charge on any atom is -0.417 e. The van der Waals surface area contributed by atoms with Gasteiger partial charge in [-0.25, -0.2) is 9.59 Å². The van der Waals surface area contributed by atoms with Crippen molar-refractivity contribution in [3.05, 3.63) is 12.8 Å². The first-order valence-electron chi connectivity index (χ1n) is 4.39. The zero-order valence-corrected chi connectivity index (χ0v) is 8.97. The van der Waals surface area contributed by atoms with Crippen LogP contribution < -0.4 is 5.48 Å². The molecule has 0 rings (SSSR count). The van der Waals surface area contributed by atoms with Crippen LogP contribution in [0.2, 0.25) is 0 Å². The highest BCUT2D eigenvalue weighted by molar-refractivity contribution is 5.73.